The van der Waals surface area contributed by atoms with E-state index in [0.29, 0.717) is 6.04 Å². The molecule has 1 saturated carbocycles. The molecule has 0 unspecified atom stereocenters. The lowest BCUT2D eigenvalue weighted by Crippen LogP contribution is -2.38. The van der Waals surface area contributed by atoms with E-state index in [9.17, 15) is 4.79 Å². The molecule has 0 spiro atoms. The lowest BCUT2D eigenvalue weighted by atomic mass is 9.94. The van der Waals surface area contributed by atoms with E-state index < -0.39 is 0 Å². The molecule has 1 rings (SSSR count). The third-order valence-corrected chi connectivity index (χ3v) is 2.85. The largest absolute Gasteiger partial charge is 0.343 e. The van der Waals surface area contributed by atoms with Crippen LogP contribution in [0.5, 0.6) is 0 Å². The molecule has 13 heavy (non-hydrogen) atoms. The Kier molecular flexibility index (Phi) is 4.26. The van der Waals surface area contributed by atoms with Crippen LogP contribution in [-0.2, 0) is 4.79 Å². The van der Waals surface area contributed by atoms with Gasteiger partial charge in [-0.25, -0.2) is 0 Å². The van der Waals surface area contributed by atoms with Gasteiger partial charge in [-0.2, -0.15) is 0 Å². The summed E-state index contributed by atoms with van der Waals surface area (Å²) in [6.45, 7) is 2.01. The van der Waals surface area contributed by atoms with E-state index >= 15 is 0 Å². The van der Waals surface area contributed by atoms with Gasteiger partial charge in [0.1, 0.15) is 0 Å². The summed E-state index contributed by atoms with van der Waals surface area (Å²) in [6, 6.07) is 0.504. The summed E-state index contributed by atoms with van der Waals surface area (Å²) in [5.41, 5.74) is 0. The Morgan fingerprint density at radius 3 is 2.54 bits per heavy atom. The number of rotatable bonds is 3. The SMILES string of the molecule is CC[CH]C(=O)N(C)C1CCCCC1. The third-order valence-electron chi connectivity index (χ3n) is 2.85. The Bertz CT molecular complexity index is 161. The number of carbonyl (C=O) groups excluding carboxylic acids is 1. The molecule has 75 valence electrons. The summed E-state index contributed by atoms with van der Waals surface area (Å²) in [5, 5.41) is 0. The van der Waals surface area contributed by atoms with Crippen LogP contribution in [0.3, 0.4) is 0 Å². The van der Waals surface area contributed by atoms with Gasteiger partial charge in [-0.3, -0.25) is 4.79 Å². The van der Waals surface area contributed by atoms with Gasteiger partial charge < -0.3 is 4.90 Å². The topological polar surface area (TPSA) is 20.3 Å². The van der Waals surface area contributed by atoms with Crippen LogP contribution in [0.25, 0.3) is 0 Å². The van der Waals surface area contributed by atoms with Crippen molar-refractivity contribution >= 4 is 5.91 Å². The second-order valence-electron chi connectivity index (χ2n) is 3.85. The Morgan fingerprint density at radius 2 is 2.00 bits per heavy atom. The lowest BCUT2D eigenvalue weighted by Gasteiger charge is -2.31. The highest BCUT2D eigenvalue weighted by molar-refractivity contribution is 5.84. The summed E-state index contributed by atoms with van der Waals surface area (Å²) in [5.74, 6) is 0.203. The maximum absolute atomic E-state index is 11.5. The van der Waals surface area contributed by atoms with E-state index in [2.05, 4.69) is 0 Å². The van der Waals surface area contributed by atoms with Crippen molar-refractivity contribution in [3.63, 3.8) is 0 Å². The first-order valence-electron chi connectivity index (χ1n) is 5.35. The maximum Gasteiger partial charge on any atom is 0.226 e. The molecule has 1 fully saturated rings. The van der Waals surface area contributed by atoms with Crippen LogP contribution in [0.1, 0.15) is 45.4 Å². The Hall–Kier alpha value is -0.530. The van der Waals surface area contributed by atoms with Crippen molar-refractivity contribution in [1.29, 1.82) is 0 Å². The molecule has 0 heterocycles. The van der Waals surface area contributed by atoms with Crippen molar-refractivity contribution in [3.8, 4) is 0 Å². The number of nitrogens with zero attached hydrogens (tertiary/aromatic N) is 1. The first-order valence-corrected chi connectivity index (χ1v) is 5.35. The van der Waals surface area contributed by atoms with Crippen molar-refractivity contribution in [3.05, 3.63) is 6.42 Å². The van der Waals surface area contributed by atoms with Gasteiger partial charge in [-0.05, 0) is 19.3 Å². The minimum atomic E-state index is 0.203. The molecular weight excluding hydrogens is 162 g/mol. The molecule has 0 aromatic heterocycles. The zero-order valence-electron chi connectivity index (χ0n) is 8.75. The highest BCUT2D eigenvalue weighted by atomic mass is 16.2. The molecule has 1 amide bonds. The summed E-state index contributed by atoms with van der Waals surface area (Å²) >= 11 is 0. The Morgan fingerprint density at radius 1 is 1.38 bits per heavy atom. The Labute approximate surface area is 81.3 Å². The van der Waals surface area contributed by atoms with Gasteiger partial charge in [0, 0.05) is 19.5 Å². The summed E-state index contributed by atoms with van der Waals surface area (Å²) in [6.07, 6.45) is 8.92. The molecule has 2 heteroatoms. The molecule has 1 aliphatic carbocycles. The Balaban J connectivity index is 2.35. The standard InChI is InChI=1S/C11H20NO/c1-3-7-11(13)12(2)10-8-5-4-6-9-10/h7,10H,3-6,8-9H2,1-2H3. The average molecular weight is 182 g/mol. The molecule has 0 atom stereocenters. The van der Waals surface area contributed by atoms with Gasteiger partial charge >= 0.3 is 0 Å². The van der Waals surface area contributed by atoms with Crippen molar-refractivity contribution in [1.82, 2.24) is 4.90 Å². The van der Waals surface area contributed by atoms with Crippen molar-refractivity contribution in [2.75, 3.05) is 7.05 Å². The zero-order valence-corrected chi connectivity index (χ0v) is 8.75. The molecular formula is C11H20NO. The fourth-order valence-electron chi connectivity index (χ4n) is 1.97. The van der Waals surface area contributed by atoms with Crippen molar-refractivity contribution in [2.24, 2.45) is 0 Å². The van der Waals surface area contributed by atoms with Gasteiger partial charge in [-0.15, -0.1) is 0 Å². The molecule has 1 aliphatic rings. The number of amides is 1. The normalized spacial score (nSPS) is 18.6. The summed E-state index contributed by atoms with van der Waals surface area (Å²) in [7, 11) is 1.94. The monoisotopic (exact) mass is 182 g/mol. The highest BCUT2D eigenvalue weighted by Gasteiger charge is 2.20. The first kappa shape index (κ1) is 10.6. The van der Waals surface area contributed by atoms with Crippen LogP contribution in [0.15, 0.2) is 0 Å². The lowest BCUT2D eigenvalue weighted by molar-refractivity contribution is -0.129. The maximum atomic E-state index is 11.5. The predicted octanol–water partition coefficient (Wildman–Crippen LogP) is 2.39. The molecule has 2 nitrogen and oxygen atoms in total. The quantitative estimate of drug-likeness (QED) is 0.656. The smallest absolute Gasteiger partial charge is 0.226 e. The van der Waals surface area contributed by atoms with E-state index in [4.69, 9.17) is 0 Å². The first-order chi connectivity index (χ1) is 6.25. The average Bonchev–Trinajstić information content (AvgIpc) is 2.18. The summed E-state index contributed by atoms with van der Waals surface area (Å²) < 4.78 is 0. The van der Waals surface area contributed by atoms with Gasteiger partial charge in [0.25, 0.3) is 0 Å². The highest BCUT2D eigenvalue weighted by Crippen LogP contribution is 2.21. The second-order valence-corrected chi connectivity index (χ2v) is 3.85. The second kappa shape index (κ2) is 5.25. The van der Waals surface area contributed by atoms with Crippen molar-refractivity contribution in [2.45, 2.75) is 51.5 Å². The van der Waals surface area contributed by atoms with Crippen molar-refractivity contribution < 1.29 is 4.79 Å². The van der Waals surface area contributed by atoms with Crippen LogP contribution in [-0.4, -0.2) is 23.9 Å². The summed E-state index contributed by atoms with van der Waals surface area (Å²) in [4.78, 5) is 13.4. The number of carbonyl (C=O) groups is 1. The van der Waals surface area contributed by atoms with E-state index in [1.165, 1.54) is 32.1 Å². The van der Waals surface area contributed by atoms with E-state index in [1.54, 1.807) is 6.42 Å². The number of hydrogen-bond donors (Lipinski definition) is 0. The molecule has 0 bridgehead atoms. The fraction of sp³-hybridized carbons (Fsp3) is 0.818. The molecule has 0 aliphatic heterocycles. The minimum Gasteiger partial charge on any atom is -0.343 e. The number of hydrogen-bond acceptors (Lipinski definition) is 1. The van der Waals surface area contributed by atoms with Crippen LogP contribution >= 0.6 is 0 Å². The predicted molar refractivity (Wildman–Crippen MR) is 54.2 cm³/mol. The van der Waals surface area contributed by atoms with Crippen LogP contribution in [0.4, 0.5) is 0 Å². The molecule has 0 aromatic rings. The van der Waals surface area contributed by atoms with Crippen LogP contribution < -0.4 is 0 Å². The molecule has 0 aromatic carbocycles. The van der Waals surface area contributed by atoms with E-state index in [-0.39, 0.29) is 5.91 Å². The zero-order chi connectivity index (χ0) is 9.68. The minimum absolute atomic E-state index is 0.203. The fourth-order valence-corrected chi connectivity index (χ4v) is 1.97. The molecule has 0 N–H and O–H groups in total. The van der Waals surface area contributed by atoms with E-state index in [0.717, 1.165) is 6.42 Å². The van der Waals surface area contributed by atoms with Crippen LogP contribution in [0.2, 0.25) is 0 Å². The van der Waals surface area contributed by atoms with Gasteiger partial charge in [0.15, 0.2) is 0 Å². The van der Waals surface area contributed by atoms with Gasteiger partial charge in [0.05, 0.1) is 0 Å². The third kappa shape index (κ3) is 3.02. The van der Waals surface area contributed by atoms with Gasteiger partial charge in [0.2, 0.25) is 5.91 Å². The molecule has 0 saturated heterocycles. The van der Waals surface area contributed by atoms with Crippen LogP contribution in [0, 0.1) is 6.42 Å². The molecule has 1 radical (unpaired) electrons. The van der Waals surface area contributed by atoms with Gasteiger partial charge in [-0.1, -0.05) is 26.2 Å². The van der Waals surface area contributed by atoms with E-state index in [1.807, 2.05) is 18.9 Å².